The molecule has 0 heterocycles. The van der Waals surface area contributed by atoms with E-state index >= 15 is 0 Å². The van der Waals surface area contributed by atoms with E-state index in [0.29, 0.717) is 0 Å². The summed E-state index contributed by atoms with van der Waals surface area (Å²) >= 11 is 0. The Labute approximate surface area is 97.6 Å². The molecule has 1 rings (SSSR count). The van der Waals surface area contributed by atoms with Crippen LogP contribution in [0.4, 0.5) is 15.8 Å². The standard InChI is InChI=1S/C9H11FN2O4S/c1-16-9(13)5-17(14,15)12-8-4-6(10)2-3-7(8)11/h2-4,12H,5,11H2,1H3. The van der Waals surface area contributed by atoms with Crippen LogP contribution in [-0.4, -0.2) is 27.2 Å². The van der Waals surface area contributed by atoms with Crippen LogP contribution < -0.4 is 10.5 Å². The first-order chi connectivity index (χ1) is 7.84. The van der Waals surface area contributed by atoms with Gasteiger partial charge in [0, 0.05) is 6.07 Å². The number of halogens is 1. The zero-order valence-corrected chi connectivity index (χ0v) is 9.75. The molecule has 94 valence electrons. The third-order valence-corrected chi connectivity index (χ3v) is 2.96. The van der Waals surface area contributed by atoms with Gasteiger partial charge < -0.3 is 10.5 Å². The Morgan fingerprint density at radius 1 is 1.53 bits per heavy atom. The highest BCUT2D eigenvalue weighted by Gasteiger charge is 2.18. The van der Waals surface area contributed by atoms with Crippen molar-refractivity contribution in [3.63, 3.8) is 0 Å². The van der Waals surface area contributed by atoms with Crippen molar-refractivity contribution in [3.05, 3.63) is 24.0 Å². The Morgan fingerprint density at radius 2 is 2.18 bits per heavy atom. The number of carbonyl (C=O) groups is 1. The molecule has 0 aliphatic rings. The summed E-state index contributed by atoms with van der Waals surface area (Å²) in [6.45, 7) is 0. The van der Waals surface area contributed by atoms with Crippen LogP contribution >= 0.6 is 0 Å². The van der Waals surface area contributed by atoms with Crippen molar-refractivity contribution in [2.75, 3.05) is 23.3 Å². The maximum atomic E-state index is 12.9. The molecule has 17 heavy (non-hydrogen) atoms. The summed E-state index contributed by atoms with van der Waals surface area (Å²) in [5.41, 5.74) is 5.39. The summed E-state index contributed by atoms with van der Waals surface area (Å²) in [4.78, 5) is 10.8. The lowest BCUT2D eigenvalue weighted by Gasteiger charge is -2.09. The van der Waals surface area contributed by atoms with E-state index in [1.165, 1.54) is 6.07 Å². The lowest BCUT2D eigenvalue weighted by atomic mass is 10.3. The Kier molecular flexibility index (Phi) is 3.89. The van der Waals surface area contributed by atoms with Crippen LogP contribution in [0.2, 0.25) is 0 Å². The molecule has 1 aromatic carbocycles. The Bertz CT molecular complexity index is 530. The monoisotopic (exact) mass is 262 g/mol. The van der Waals surface area contributed by atoms with Crippen LogP contribution in [-0.2, 0) is 19.6 Å². The lowest BCUT2D eigenvalue weighted by molar-refractivity contribution is -0.137. The van der Waals surface area contributed by atoms with E-state index in [0.717, 1.165) is 19.2 Å². The number of hydrogen-bond acceptors (Lipinski definition) is 5. The molecule has 0 fully saturated rings. The molecule has 6 nitrogen and oxygen atoms in total. The smallest absolute Gasteiger partial charge is 0.322 e. The molecule has 3 N–H and O–H groups in total. The van der Waals surface area contributed by atoms with Crippen LogP contribution in [0.15, 0.2) is 18.2 Å². The van der Waals surface area contributed by atoms with Gasteiger partial charge in [-0.05, 0) is 12.1 Å². The van der Waals surface area contributed by atoms with Gasteiger partial charge in [0.2, 0.25) is 10.0 Å². The van der Waals surface area contributed by atoms with Crippen LogP contribution in [0.1, 0.15) is 0 Å². The summed E-state index contributed by atoms with van der Waals surface area (Å²) in [5, 5.41) is 0. The fourth-order valence-electron chi connectivity index (χ4n) is 1.03. The largest absolute Gasteiger partial charge is 0.468 e. The summed E-state index contributed by atoms with van der Waals surface area (Å²) < 4.78 is 42.0. The molecule has 0 spiro atoms. The van der Waals surface area contributed by atoms with Crippen LogP contribution in [0.25, 0.3) is 0 Å². The molecule has 0 atom stereocenters. The third kappa shape index (κ3) is 3.91. The van der Waals surface area contributed by atoms with Crippen LogP contribution in [0.5, 0.6) is 0 Å². The number of nitrogens with two attached hydrogens (primary N) is 1. The van der Waals surface area contributed by atoms with Gasteiger partial charge in [0.1, 0.15) is 5.82 Å². The Hall–Kier alpha value is -1.83. The van der Waals surface area contributed by atoms with Crippen molar-refractivity contribution < 1.29 is 22.3 Å². The van der Waals surface area contributed by atoms with Gasteiger partial charge in [-0.1, -0.05) is 0 Å². The molecule has 0 aromatic heterocycles. The van der Waals surface area contributed by atoms with Gasteiger partial charge in [-0.2, -0.15) is 0 Å². The van der Waals surface area contributed by atoms with E-state index in [9.17, 15) is 17.6 Å². The molecule has 0 saturated heterocycles. The van der Waals surface area contributed by atoms with E-state index < -0.39 is 27.6 Å². The van der Waals surface area contributed by atoms with Crippen molar-refractivity contribution in [1.29, 1.82) is 0 Å². The predicted molar refractivity (Wildman–Crippen MR) is 60.2 cm³/mol. The highest BCUT2D eigenvalue weighted by Crippen LogP contribution is 2.20. The second kappa shape index (κ2) is 5.00. The SMILES string of the molecule is COC(=O)CS(=O)(=O)Nc1cc(F)ccc1N. The topological polar surface area (TPSA) is 98.5 Å². The molecular weight excluding hydrogens is 251 g/mol. The Morgan fingerprint density at radius 3 is 2.76 bits per heavy atom. The fourth-order valence-corrected chi connectivity index (χ4v) is 2.05. The second-order valence-corrected chi connectivity index (χ2v) is 4.89. The normalized spacial score (nSPS) is 10.9. The third-order valence-electron chi connectivity index (χ3n) is 1.82. The quantitative estimate of drug-likeness (QED) is 0.601. The fraction of sp³-hybridized carbons (Fsp3) is 0.222. The van der Waals surface area contributed by atoms with Crippen molar-refractivity contribution in [2.24, 2.45) is 0 Å². The molecule has 0 aliphatic carbocycles. The molecule has 8 heteroatoms. The number of nitrogens with one attached hydrogen (secondary N) is 1. The molecule has 0 saturated carbocycles. The molecule has 1 aromatic rings. The average Bonchev–Trinajstić information content (AvgIpc) is 2.22. The van der Waals surface area contributed by atoms with E-state index in [-0.39, 0.29) is 11.4 Å². The summed E-state index contributed by atoms with van der Waals surface area (Å²) in [5.74, 6) is -2.43. The zero-order chi connectivity index (χ0) is 13.1. The van der Waals surface area contributed by atoms with E-state index in [1.54, 1.807) is 0 Å². The summed E-state index contributed by atoms with van der Waals surface area (Å²) in [6.07, 6.45) is 0. The molecule has 0 amide bonds. The first kappa shape index (κ1) is 13.2. The number of benzene rings is 1. The maximum Gasteiger partial charge on any atom is 0.322 e. The number of sulfonamides is 1. The average molecular weight is 262 g/mol. The van der Waals surface area contributed by atoms with Gasteiger partial charge >= 0.3 is 5.97 Å². The lowest BCUT2D eigenvalue weighted by Crippen LogP contribution is -2.24. The van der Waals surface area contributed by atoms with E-state index in [2.05, 4.69) is 4.74 Å². The highest BCUT2D eigenvalue weighted by atomic mass is 32.2. The second-order valence-electron chi connectivity index (χ2n) is 3.17. The number of anilines is 2. The molecule has 0 bridgehead atoms. The Balaban J connectivity index is 2.90. The van der Waals surface area contributed by atoms with E-state index in [1.807, 2.05) is 4.72 Å². The summed E-state index contributed by atoms with van der Waals surface area (Å²) in [7, 11) is -2.89. The van der Waals surface area contributed by atoms with Crippen molar-refractivity contribution in [1.82, 2.24) is 0 Å². The molecule has 0 radical (unpaired) electrons. The number of esters is 1. The van der Waals surface area contributed by atoms with Crippen molar-refractivity contribution >= 4 is 27.4 Å². The number of methoxy groups -OCH3 is 1. The minimum Gasteiger partial charge on any atom is -0.468 e. The minimum absolute atomic E-state index is 0.0554. The van der Waals surface area contributed by atoms with Crippen molar-refractivity contribution in [3.8, 4) is 0 Å². The zero-order valence-electron chi connectivity index (χ0n) is 8.94. The maximum absolute atomic E-state index is 12.9. The first-order valence-electron chi connectivity index (χ1n) is 4.46. The van der Waals surface area contributed by atoms with Gasteiger partial charge in [-0.15, -0.1) is 0 Å². The molecule has 0 unspecified atom stereocenters. The minimum atomic E-state index is -3.96. The number of ether oxygens (including phenoxy) is 1. The number of rotatable bonds is 4. The molecular formula is C9H11FN2O4S. The number of carbonyl (C=O) groups excluding carboxylic acids is 1. The highest BCUT2D eigenvalue weighted by molar-refractivity contribution is 7.93. The van der Waals surface area contributed by atoms with Gasteiger partial charge in [-0.25, -0.2) is 12.8 Å². The predicted octanol–water partition coefficient (Wildman–Crippen LogP) is 0.323. The first-order valence-corrected chi connectivity index (χ1v) is 6.11. The number of hydrogen-bond donors (Lipinski definition) is 2. The van der Waals surface area contributed by atoms with E-state index in [4.69, 9.17) is 5.73 Å². The van der Waals surface area contributed by atoms with Gasteiger partial charge in [0.05, 0.1) is 18.5 Å². The molecule has 0 aliphatic heterocycles. The van der Waals surface area contributed by atoms with Crippen LogP contribution in [0, 0.1) is 5.82 Å². The van der Waals surface area contributed by atoms with Gasteiger partial charge in [0.25, 0.3) is 0 Å². The summed E-state index contributed by atoms with van der Waals surface area (Å²) in [6, 6.07) is 3.23. The number of nitrogen functional groups attached to an aromatic ring is 1. The van der Waals surface area contributed by atoms with Crippen LogP contribution in [0.3, 0.4) is 0 Å². The van der Waals surface area contributed by atoms with Gasteiger partial charge in [0.15, 0.2) is 5.75 Å². The van der Waals surface area contributed by atoms with Gasteiger partial charge in [-0.3, -0.25) is 9.52 Å². The van der Waals surface area contributed by atoms with Crippen molar-refractivity contribution in [2.45, 2.75) is 0 Å².